The molecule has 0 radical (unpaired) electrons. The minimum absolute atomic E-state index is 0.123. The Hall–Kier alpha value is -3.97. The molecule has 5 rings (SSSR count). The highest BCUT2D eigenvalue weighted by Crippen LogP contribution is 2.29. The molecule has 0 saturated carbocycles. The third-order valence-electron chi connectivity index (χ3n) is 5.66. The summed E-state index contributed by atoms with van der Waals surface area (Å²) in [5.74, 6) is -0.367. The number of carbonyl (C=O) groups is 1. The van der Waals surface area contributed by atoms with Crippen LogP contribution in [-0.4, -0.2) is 37.4 Å². The molecular formula is C25H21ClN6O. The van der Waals surface area contributed by atoms with E-state index in [-0.39, 0.29) is 11.8 Å². The van der Waals surface area contributed by atoms with E-state index in [1.807, 2.05) is 43.3 Å². The Balaban J connectivity index is 1.42. The average molecular weight is 457 g/mol. The van der Waals surface area contributed by atoms with Gasteiger partial charge in [-0.3, -0.25) is 14.5 Å². The Morgan fingerprint density at radius 3 is 2.61 bits per heavy atom. The molecule has 5 aromatic rings. The fourth-order valence-corrected chi connectivity index (χ4v) is 4.21. The Morgan fingerprint density at radius 2 is 1.85 bits per heavy atom. The minimum atomic E-state index is -0.244. The standard InChI is InChI=1S/C25H21ClN6O/c1-16-7-9-20-23(11-16)30-31-24(20)21(17-5-3-2-4-6-17)13-27-25(33)19-10-8-18(12-22(19)26)32-14-28-29-15-32/h2-12,14-15,21H,13H2,1H3,(H,27,33)(H,30,31). The maximum absolute atomic E-state index is 13.0. The third-order valence-corrected chi connectivity index (χ3v) is 5.97. The Labute approximate surface area is 195 Å². The Kier molecular flexibility index (Phi) is 5.62. The fraction of sp³-hybridized carbons (Fsp3) is 0.120. The number of fused-ring (bicyclic) bond motifs is 1. The Morgan fingerprint density at radius 1 is 1.06 bits per heavy atom. The van der Waals surface area contributed by atoms with Crippen LogP contribution in [0.3, 0.4) is 0 Å². The molecule has 0 spiro atoms. The number of aromatic amines is 1. The van der Waals surface area contributed by atoms with E-state index in [9.17, 15) is 4.79 Å². The predicted molar refractivity (Wildman–Crippen MR) is 128 cm³/mol. The number of aryl methyl sites for hydroxylation is 1. The van der Waals surface area contributed by atoms with Crippen LogP contribution in [0.4, 0.5) is 0 Å². The molecule has 7 nitrogen and oxygen atoms in total. The average Bonchev–Trinajstić information content (AvgIpc) is 3.50. The molecule has 33 heavy (non-hydrogen) atoms. The number of amides is 1. The van der Waals surface area contributed by atoms with Crippen LogP contribution >= 0.6 is 11.6 Å². The van der Waals surface area contributed by atoms with Crippen LogP contribution in [0.2, 0.25) is 5.02 Å². The van der Waals surface area contributed by atoms with Gasteiger partial charge in [0.15, 0.2) is 0 Å². The van der Waals surface area contributed by atoms with Gasteiger partial charge in [-0.05, 0) is 42.3 Å². The lowest BCUT2D eigenvalue weighted by Gasteiger charge is -2.17. The highest BCUT2D eigenvalue weighted by molar-refractivity contribution is 6.34. The maximum atomic E-state index is 13.0. The van der Waals surface area contributed by atoms with Crippen LogP contribution in [0.25, 0.3) is 16.6 Å². The van der Waals surface area contributed by atoms with Gasteiger partial charge in [0.2, 0.25) is 0 Å². The molecule has 2 N–H and O–H groups in total. The number of rotatable bonds is 6. The van der Waals surface area contributed by atoms with E-state index in [2.05, 4.69) is 43.9 Å². The zero-order valence-corrected chi connectivity index (χ0v) is 18.6. The number of nitrogens with zero attached hydrogens (tertiary/aromatic N) is 4. The van der Waals surface area contributed by atoms with Gasteiger partial charge in [0, 0.05) is 23.5 Å². The Bertz CT molecular complexity index is 1410. The highest BCUT2D eigenvalue weighted by atomic mass is 35.5. The second-order valence-electron chi connectivity index (χ2n) is 7.86. The molecule has 164 valence electrons. The zero-order chi connectivity index (χ0) is 22.8. The summed E-state index contributed by atoms with van der Waals surface area (Å²) in [6, 6.07) is 21.5. The van der Waals surface area contributed by atoms with E-state index in [4.69, 9.17) is 11.6 Å². The summed E-state index contributed by atoms with van der Waals surface area (Å²) >= 11 is 6.43. The van der Waals surface area contributed by atoms with Crippen molar-refractivity contribution in [3.63, 3.8) is 0 Å². The fourth-order valence-electron chi connectivity index (χ4n) is 3.95. The van der Waals surface area contributed by atoms with Crippen molar-refractivity contribution in [2.45, 2.75) is 12.8 Å². The predicted octanol–water partition coefficient (Wildman–Crippen LogP) is 4.67. The summed E-state index contributed by atoms with van der Waals surface area (Å²) in [6.45, 7) is 2.42. The first-order valence-electron chi connectivity index (χ1n) is 10.5. The molecule has 8 heteroatoms. The van der Waals surface area contributed by atoms with E-state index >= 15 is 0 Å². The molecule has 0 saturated heterocycles. The van der Waals surface area contributed by atoms with Gasteiger partial charge in [-0.25, -0.2) is 0 Å². The maximum Gasteiger partial charge on any atom is 0.252 e. The number of aromatic nitrogens is 5. The van der Waals surface area contributed by atoms with Gasteiger partial charge in [0.05, 0.1) is 21.8 Å². The molecule has 0 aliphatic rings. The third kappa shape index (κ3) is 4.23. The molecule has 0 fully saturated rings. The first-order chi connectivity index (χ1) is 16.1. The SMILES string of the molecule is Cc1ccc2c(C(CNC(=O)c3ccc(-n4cnnc4)cc3Cl)c3ccccc3)n[nH]c2c1. The van der Waals surface area contributed by atoms with Crippen molar-refractivity contribution in [3.05, 3.63) is 107 Å². The molecule has 2 heterocycles. The largest absolute Gasteiger partial charge is 0.351 e. The molecule has 0 aliphatic carbocycles. The first kappa shape index (κ1) is 20.9. The quantitative estimate of drug-likeness (QED) is 0.388. The van der Waals surface area contributed by atoms with Gasteiger partial charge < -0.3 is 5.32 Å². The molecule has 0 aliphatic heterocycles. The van der Waals surface area contributed by atoms with Crippen molar-refractivity contribution in [1.82, 2.24) is 30.3 Å². The van der Waals surface area contributed by atoms with Crippen LogP contribution < -0.4 is 5.32 Å². The second kappa shape index (κ2) is 8.88. The van der Waals surface area contributed by atoms with Crippen LogP contribution in [0.15, 0.2) is 79.4 Å². The van der Waals surface area contributed by atoms with E-state index in [1.54, 1.807) is 29.4 Å². The first-order valence-corrected chi connectivity index (χ1v) is 10.9. The molecule has 3 aromatic carbocycles. The van der Waals surface area contributed by atoms with Gasteiger partial charge in [-0.1, -0.05) is 54.1 Å². The summed E-state index contributed by atoms with van der Waals surface area (Å²) in [5.41, 5.74) is 5.29. The van der Waals surface area contributed by atoms with Crippen molar-refractivity contribution in [2.24, 2.45) is 0 Å². The van der Waals surface area contributed by atoms with Crippen LogP contribution in [0, 0.1) is 6.92 Å². The molecule has 2 aromatic heterocycles. The van der Waals surface area contributed by atoms with E-state index in [0.29, 0.717) is 17.1 Å². The monoisotopic (exact) mass is 456 g/mol. The summed E-state index contributed by atoms with van der Waals surface area (Å²) in [4.78, 5) is 13.0. The van der Waals surface area contributed by atoms with Gasteiger partial charge in [0.1, 0.15) is 12.7 Å². The number of nitrogens with one attached hydrogen (secondary N) is 2. The van der Waals surface area contributed by atoms with Crippen LogP contribution in [0.5, 0.6) is 0 Å². The van der Waals surface area contributed by atoms with Gasteiger partial charge in [-0.2, -0.15) is 5.10 Å². The van der Waals surface area contributed by atoms with Crippen LogP contribution in [0.1, 0.15) is 33.1 Å². The summed E-state index contributed by atoms with van der Waals surface area (Å²) in [7, 11) is 0. The van der Waals surface area contributed by atoms with E-state index in [1.165, 1.54) is 0 Å². The van der Waals surface area contributed by atoms with E-state index < -0.39 is 0 Å². The number of carbonyl (C=O) groups excluding carboxylic acids is 1. The number of H-pyrrole nitrogens is 1. The van der Waals surface area contributed by atoms with Crippen molar-refractivity contribution in [3.8, 4) is 5.69 Å². The lowest BCUT2D eigenvalue weighted by Crippen LogP contribution is -2.29. The second-order valence-corrected chi connectivity index (χ2v) is 8.27. The van der Waals surface area contributed by atoms with Crippen molar-refractivity contribution < 1.29 is 4.79 Å². The molecule has 1 amide bonds. The molecule has 0 bridgehead atoms. The van der Waals surface area contributed by atoms with Gasteiger partial charge in [0.25, 0.3) is 5.91 Å². The van der Waals surface area contributed by atoms with Crippen molar-refractivity contribution >= 4 is 28.4 Å². The van der Waals surface area contributed by atoms with Crippen LogP contribution in [-0.2, 0) is 0 Å². The highest BCUT2D eigenvalue weighted by Gasteiger charge is 2.22. The smallest absolute Gasteiger partial charge is 0.252 e. The lowest BCUT2D eigenvalue weighted by atomic mass is 9.93. The minimum Gasteiger partial charge on any atom is -0.351 e. The number of hydrogen-bond acceptors (Lipinski definition) is 4. The number of halogens is 1. The molecular weight excluding hydrogens is 436 g/mol. The van der Waals surface area contributed by atoms with Crippen molar-refractivity contribution in [2.75, 3.05) is 6.54 Å². The molecule has 1 atom stereocenters. The normalized spacial score (nSPS) is 12.1. The topological polar surface area (TPSA) is 88.5 Å². The summed E-state index contributed by atoms with van der Waals surface area (Å²) in [5, 5.41) is 19.8. The van der Waals surface area contributed by atoms with Gasteiger partial charge in [-0.15, -0.1) is 10.2 Å². The lowest BCUT2D eigenvalue weighted by molar-refractivity contribution is 0.0952. The number of hydrogen-bond donors (Lipinski definition) is 2. The summed E-state index contributed by atoms with van der Waals surface area (Å²) < 4.78 is 1.73. The van der Waals surface area contributed by atoms with E-state index in [0.717, 1.165) is 33.4 Å². The zero-order valence-electron chi connectivity index (χ0n) is 17.9. The van der Waals surface area contributed by atoms with Gasteiger partial charge >= 0.3 is 0 Å². The number of benzene rings is 3. The summed E-state index contributed by atoms with van der Waals surface area (Å²) in [6.07, 6.45) is 3.15. The van der Waals surface area contributed by atoms with Crippen molar-refractivity contribution in [1.29, 1.82) is 0 Å². The molecule has 1 unspecified atom stereocenters.